The maximum Gasteiger partial charge on any atom is 0.276 e. The highest BCUT2D eigenvalue weighted by atomic mass is 35.5. The van der Waals surface area contributed by atoms with Gasteiger partial charge < -0.3 is 15.2 Å². The van der Waals surface area contributed by atoms with E-state index in [0.29, 0.717) is 23.3 Å². The standard InChI is InChI=1S/C23H23ClFN7O2/c1-13-17(6-4-16(28-13)22(33)26-2)31-9-7-30(8-10-31)12-14-3-5-18-20(19(14)25)29-23(34)21-15(24)11-27-32(18)21/h3-6,11H,7-10,12H2,1-2H3,(H,26,33)(H,29,34). The molecule has 0 atom stereocenters. The van der Waals surface area contributed by atoms with Crippen LogP contribution >= 0.6 is 11.6 Å². The van der Waals surface area contributed by atoms with E-state index in [2.05, 4.69) is 30.2 Å². The van der Waals surface area contributed by atoms with Crippen LogP contribution in [0.1, 0.15) is 21.7 Å². The second kappa shape index (κ2) is 8.69. The van der Waals surface area contributed by atoms with Crippen LogP contribution in [0.15, 0.2) is 35.3 Å². The Morgan fingerprint density at radius 2 is 1.97 bits per heavy atom. The van der Waals surface area contributed by atoms with Crippen molar-refractivity contribution in [3.05, 3.63) is 68.6 Å². The maximum absolute atomic E-state index is 15.3. The number of pyridine rings is 1. The summed E-state index contributed by atoms with van der Waals surface area (Å²) in [6.45, 7) is 5.28. The number of hydrogen-bond donors (Lipinski definition) is 2. The summed E-state index contributed by atoms with van der Waals surface area (Å²) in [5.74, 6) is -0.676. The number of amides is 1. The largest absolute Gasteiger partial charge is 0.368 e. The van der Waals surface area contributed by atoms with Gasteiger partial charge in [-0.1, -0.05) is 17.7 Å². The third-order valence-corrected chi connectivity index (χ3v) is 6.51. The fourth-order valence-corrected chi connectivity index (χ4v) is 4.65. The van der Waals surface area contributed by atoms with Crippen LogP contribution in [0.3, 0.4) is 0 Å². The number of nitrogens with one attached hydrogen (secondary N) is 2. The maximum atomic E-state index is 15.3. The zero-order chi connectivity index (χ0) is 24.0. The second-order valence-corrected chi connectivity index (χ2v) is 8.69. The van der Waals surface area contributed by atoms with E-state index in [1.807, 2.05) is 13.0 Å². The molecule has 0 saturated carbocycles. The Labute approximate surface area is 199 Å². The highest BCUT2D eigenvalue weighted by Crippen LogP contribution is 2.24. The Kier molecular flexibility index (Phi) is 5.70. The SMILES string of the molecule is CNC(=O)c1ccc(N2CCN(Cc3ccc4c([nH]c(=O)c5c(Cl)cnn54)c3F)CC2)c(C)n1. The number of piperazine rings is 1. The average Bonchev–Trinajstić information content (AvgIpc) is 3.23. The smallest absolute Gasteiger partial charge is 0.276 e. The Balaban J connectivity index is 1.32. The fraction of sp³-hybridized carbons (Fsp3) is 0.304. The summed E-state index contributed by atoms with van der Waals surface area (Å²) in [4.78, 5) is 35.6. The van der Waals surface area contributed by atoms with Crippen molar-refractivity contribution < 1.29 is 9.18 Å². The molecule has 9 nitrogen and oxygen atoms in total. The van der Waals surface area contributed by atoms with Crippen molar-refractivity contribution in [2.45, 2.75) is 13.5 Å². The van der Waals surface area contributed by atoms with Gasteiger partial charge >= 0.3 is 0 Å². The molecule has 4 aromatic rings. The molecule has 1 fully saturated rings. The van der Waals surface area contributed by atoms with Gasteiger partial charge in [-0.3, -0.25) is 14.5 Å². The Bertz CT molecular complexity index is 1470. The lowest BCUT2D eigenvalue weighted by Gasteiger charge is -2.36. The second-order valence-electron chi connectivity index (χ2n) is 8.28. The lowest BCUT2D eigenvalue weighted by molar-refractivity contribution is 0.0958. The zero-order valence-corrected chi connectivity index (χ0v) is 19.5. The number of benzene rings is 1. The molecule has 1 aliphatic heterocycles. The van der Waals surface area contributed by atoms with E-state index in [0.717, 1.165) is 37.6 Å². The van der Waals surface area contributed by atoms with Crippen LogP contribution in [0.2, 0.25) is 5.02 Å². The summed E-state index contributed by atoms with van der Waals surface area (Å²) >= 11 is 6.04. The van der Waals surface area contributed by atoms with Crippen molar-refractivity contribution in [3.8, 4) is 0 Å². The van der Waals surface area contributed by atoms with Crippen molar-refractivity contribution in [2.75, 3.05) is 38.1 Å². The number of hydrogen-bond acceptors (Lipinski definition) is 6. The van der Waals surface area contributed by atoms with Crippen molar-refractivity contribution in [2.24, 2.45) is 0 Å². The molecular weight excluding hydrogens is 461 g/mol. The van der Waals surface area contributed by atoms with E-state index in [9.17, 15) is 9.59 Å². The molecule has 34 heavy (non-hydrogen) atoms. The molecule has 0 spiro atoms. The number of halogens is 2. The predicted octanol–water partition coefficient (Wildman–Crippen LogP) is 2.35. The Morgan fingerprint density at radius 3 is 2.68 bits per heavy atom. The van der Waals surface area contributed by atoms with Crippen LogP contribution in [-0.2, 0) is 6.54 Å². The number of aromatic nitrogens is 4. The lowest BCUT2D eigenvalue weighted by atomic mass is 10.1. The van der Waals surface area contributed by atoms with Crippen molar-refractivity contribution in [3.63, 3.8) is 0 Å². The van der Waals surface area contributed by atoms with Gasteiger partial charge in [-0.25, -0.2) is 13.9 Å². The number of fused-ring (bicyclic) bond motifs is 3. The van der Waals surface area contributed by atoms with E-state index in [-0.39, 0.29) is 22.0 Å². The first kappa shape index (κ1) is 22.3. The lowest BCUT2D eigenvalue weighted by Crippen LogP contribution is -2.46. The predicted molar refractivity (Wildman–Crippen MR) is 128 cm³/mol. The molecule has 0 aliphatic carbocycles. The quantitative estimate of drug-likeness (QED) is 0.462. The minimum atomic E-state index is -0.480. The van der Waals surface area contributed by atoms with Gasteiger partial charge in [-0.15, -0.1) is 0 Å². The zero-order valence-electron chi connectivity index (χ0n) is 18.7. The molecule has 11 heteroatoms. The van der Waals surface area contributed by atoms with Gasteiger partial charge in [0.1, 0.15) is 11.2 Å². The van der Waals surface area contributed by atoms with Gasteiger partial charge in [0.05, 0.1) is 28.1 Å². The van der Waals surface area contributed by atoms with Crippen molar-refractivity contribution in [1.82, 2.24) is 29.8 Å². The average molecular weight is 484 g/mol. The first-order chi connectivity index (χ1) is 16.4. The molecule has 1 aromatic carbocycles. The van der Waals surface area contributed by atoms with Crippen LogP contribution in [0.5, 0.6) is 0 Å². The summed E-state index contributed by atoms with van der Waals surface area (Å²) in [6.07, 6.45) is 1.38. The van der Waals surface area contributed by atoms with Crippen LogP contribution in [0.4, 0.5) is 10.1 Å². The molecule has 1 aliphatic rings. The molecular formula is C23H23ClFN7O2. The monoisotopic (exact) mass is 483 g/mol. The topological polar surface area (TPSA) is 98.6 Å². The van der Waals surface area contributed by atoms with Gasteiger partial charge in [-0.2, -0.15) is 5.10 Å². The van der Waals surface area contributed by atoms with Crippen LogP contribution < -0.4 is 15.8 Å². The fourth-order valence-electron chi connectivity index (χ4n) is 4.45. The minimum Gasteiger partial charge on any atom is -0.368 e. The Hall–Kier alpha value is -3.50. The van der Waals surface area contributed by atoms with Gasteiger partial charge in [0, 0.05) is 45.3 Å². The van der Waals surface area contributed by atoms with Gasteiger partial charge in [-0.05, 0) is 25.1 Å². The number of anilines is 1. The molecule has 2 N–H and O–H groups in total. The summed E-state index contributed by atoms with van der Waals surface area (Å²) in [5.41, 5.74) is 2.97. The number of nitrogens with zero attached hydrogens (tertiary/aromatic N) is 5. The molecule has 1 amide bonds. The molecule has 1 saturated heterocycles. The molecule has 0 radical (unpaired) electrons. The van der Waals surface area contributed by atoms with Crippen LogP contribution in [0.25, 0.3) is 16.6 Å². The van der Waals surface area contributed by atoms with Gasteiger partial charge in [0.15, 0.2) is 11.3 Å². The van der Waals surface area contributed by atoms with Crippen LogP contribution in [-0.4, -0.2) is 63.6 Å². The Morgan fingerprint density at radius 1 is 1.21 bits per heavy atom. The normalized spacial score (nSPS) is 14.8. The molecule has 4 heterocycles. The first-order valence-electron chi connectivity index (χ1n) is 10.9. The van der Waals surface area contributed by atoms with Crippen LogP contribution in [0, 0.1) is 12.7 Å². The first-order valence-corrected chi connectivity index (χ1v) is 11.3. The van der Waals surface area contributed by atoms with Crippen molar-refractivity contribution >= 4 is 39.7 Å². The van der Waals surface area contributed by atoms with E-state index in [1.54, 1.807) is 25.2 Å². The number of aromatic amines is 1. The van der Waals surface area contributed by atoms with Crippen molar-refractivity contribution in [1.29, 1.82) is 0 Å². The molecule has 3 aromatic heterocycles. The summed E-state index contributed by atoms with van der Waals surface area (Å²) in [6, 6.07) is 7.12. The summed E-state index contributed by atoms with van der Waals surface area (Å²) < 4.78 is 16.7. The highest BCUT2D eigenvalue weighted by Gasteiger charge is 2.22. The van der Waals surface area contributed by atoms with E-state index in [1.165, 1.54) is 10.7 Å². The van der Waals surface area contributed by atoms with E-state index >= 15 is 4.39 Å². The number of carbonyl (C=O) groups is 1. The van der Waals surface area contributed by atoms with E-state index < -0.39 is 11.4 Å². The summed E-state index contributed by atoms with van der Waals surface area (Å²) in [5, 5.41) is 6.92. The molecule has 5 rings (SSSR count). The third-order valence-electron chi connectivity index (χ3n) is 6.23. The number of carbonyl (C=O) groups excluding carboxylic acids is 1. The van der Waals surface area contributed by atoms with E-state index in [4.69, 9.17) is 11.6 Å². The number of aryl methyl sites for hydroxylation is 1. The molecule has 0 unspecified atom stereocenters. The molecule has 176 valence electrons. The number of rotatable bonds is 4. The van der Waals surface area contributed by atoms with Gasteiger partial charge in [0.25, 0.3) is 11.5 Å². The minimum absolute atomic E-state index is 0.117. The third kappa shape index (κ3) is 3.78. The molecule has 0 bridgehead atoms. The highest BCUT2D eigenvalue weighted by molar-refractivity contribution is 6.33. The number of H-pyrrole nitrogens is 1. The van der Waals surface area contributed by atoms with Gasteiger partial charge in [0.2, 0.25) is 0 Å². The summed E-state index contributed by atoms with van der Waals surface area (Å²) in [7, 11) is 1.58.